The van der Waals surface area contributed by atoms with Gasteiger partial charge < -0.3 is 5.32 Å². The molecule has 3 aromatic rings. The summed E-state index contributed by atoms with van der Waals surface area (Å²) in [5.41, 5.74) is 2.45. The molecule has 3 rings (SSSR count). The Morgan fingerprint density at radius 1 is 1.30 bits per heavy atom. The second-order valence-corrected chi connectivity index (χ2v) is 5.95. The zero-order valence-electron chi connectivity index (χ0n) is 10.7. The summed E-state index contributed by atoms with van der Waals surface area (Å²) >= 11 is 7.40. The van der Waals surface area contributed by atoms with Crippen molar-refractivity contribution < 1.29 is 4.39 Å². The summed E-state index contributed by atoms with van der Waals surface area (Å²) in [4.78, 5) is 4.40. The van der Waals surface area contributed by atoms with Gasteiger partial charge in [-0.05, 0) is 48.2 Å². The molecule has 0 radical (unpaired) electrons. The van der Waals surface area contributed by atoms with Crippen molar-refractivity contribution in [2.75, 3.05) is 5.32 Å². The minimum atomic E-state index is -0.352. The molecule has 0 bridgehead atoms. The second kappa shape index (κ2) is 5.38. The molecule has 0 saturated carbocycles. The van der Waals surface area contributed by atoms with E-state index < -0.39 is 0 Å². The van der Waals surface area contributed by atoms with Gasteiger partial charge in [-0.2, -0.15) is 0 Å². The van der Waals surface area contributed by atoms with Crippen molar-refractivity contribution in [2.24, 2.45) is 0 Å². The van der Waals surface area contributed by atoms with Crippen LogP contribution in [0.15, 0.2) is 41.9 Å². The van der Waals surface area contributed by atoms with Gasteiger partial charge in [-0.1, -0.05) is 11.6 Å². The highest BCUT2D eigenvalue weighted by Crippen LogP contribution is 2.26. The lowest BCUT2D eigenvalue weighted by molar-refractivity contribution is 0.627. The third-order valence-electron chi connectivity index (χ3n) is 3.13. The SMILES string of the molecule is CC(Nc1ccc(Cl)cc1F)c1cnc2ccsc2c1. The topological polar surface area (TPSA) is 24.9 Å². The van der Waals surface area contributed by atoms with E-state index in [1.807, 2.05) is 24.6 Å². The standard InChI is InChI=1S/C15H12ClFN2S/c1-9(19-13-3-2-11(16)7-12(13)17)10-6-15-14(18-8-10)4-5-20-15/h2-9,19H,1H3. The largest absolute Gasteiger partial charge is 0.376 e. The predicted molar refractivity (Wildman–Crippen MR) is 83.1 cm³/mol. The first-order valence-corrected chi connectivity index (χ1v) is 7.44. The number of aromatic nitrogens is 1. The monoisotopic (exact) mass is 306 g/mol. The number of nitrogens with one attached hydrogen (secondary N) is 1. The number of nitrogens with zero attached hydrogens (tertiary/aromatic N) is 1. The lowest BCUT2D eigenvalue weighted by Crippen LogP contribution is -2.08. The van der Waals surface area contributed by atoms with Crippen LogP contribution >= 0.6 is 22.9 Å². The van der Waals surface area contributed by atoms with Crippen LogP contribution in [0.2, 0.25) is 5.02 Å². The van der Waals surface area contributed by atoms with E-state index in [2.05, 4.69) is 16.4 Å². The maximum absolute atomic E-state index is 13.8. The molecule has 0 amide bonds. The molecule has 2 nitrogen and oxygen atoms in total. The zero-order valence-corrected chi connectivity index (χ0v) is 12.3. The van der Waals surface area contributed by atoms with Crippen LogP contribution in [0.5, 0.6) is 0 Å². The second-order valence-electron chi connectivity index (χ2n) is 4.56. The number of anilines is 1. The Kier molecular flexibility index (Phi) is 3.59. The molecule has 2 aromatic heterocycles. The highest BCUT2D eigenvalue weighted by Gasteiger charge is 2.10. The van der Waals surface area contributed by atoms with Gasteiger partial charge >= 0.3 is 0 Å². The quantitative estimate of drug-likeness (QED) is 0.713. The van der Waals surface area contributed by atoms with E-state index in [1.54, 1.807) is 23.5 Å². The Morgan fingerprint density at radius 2 is 2.15 bits per heavy atom. The zero-order chi connectivity index (χ0) is 14.1. The molecule has 2 heterocycles. The summed E-state index contributed by atoms with van der Waals surface area (Å²) in [5.74, 6) is -0.352. The Hall–Kier alpha value is -1.65. The summed E-state index contributed by atoms with van der Waals surface area (Å²) in [5, 5.41) is 5.54. The van der Waals surface area contributed by atoms with Gasteiger partial charge in [-0.3, -0.25) is 4.98 Å². The molecule has 5 heteroatoms. The number of hydrogen-bond acceptors (Lipinski definition) is 3. The highest BCUT2D eigenvalue weighted by atomic mass is 35.5. The Balaban J connectivity index is 1.86. The maximum atomic E-state index is 13.8. The van der Waals surface area contributed by atoms with E-state index in [4.69, 9.17) is 11.6 Å². The highest BCUT2D eigenvalue weighted by molar-refractivity contribution is 7.17. The van der Waals surface area contributed by atoms with E-state index in [-0.39, 0.29) is 11.9 Å². The summed E-state index contributed by atoms with van der Waals surface area (Å²) in [6.07, 6.45) is 1.82. The van der Waals surface area contributed by atoms with Gasteiger partial charge in [0.2, 0.25) is 0 Å². The molecule has 1 unspecified atom stereocenters. The summed E-state index contributed by atoms with van der Waals surface area (Å²) < 4.78 is 14.9. The van der Waals surface area contributed by atoms with Gasteiger partial charge in [0.25, 0.3) is 0 Å². The molecule has 0 aliphatic carbocycles. The average Bonchev–Trinajstić information content (AvgIpc) is 2.89. The van der Waals surface area contributed by atoms with Crippen molar-refractivity contribution in [2.45, 2.75) is 13.0 Å². The molecule has 1 atom stereocenters. The first-order chi connectivity index (χ1) is 9.63. The van der Waals surface area contributed by atoms with Gasteiger partial charge in [0, 0.05) is 11.2 Å². The molecular formula is C15H12ClFN2S. The first-order valence-electron chi connectivity index (χ1n) is 6.18. The van der Waals surface area contributed by atoms with Crippen LogP contribution in [0.25, 0.3) is 10.2 Å². The van der Waals surface area contributed by atoms with E-state index in [1.165, 1.54) is 6.07 Å². The number of hydrogen-bond donors (Lipinski definition) is 1. The number of thiophene rings is 1. The van der Waals surface area contributed by atoms with Gasteiger partial charge in [-0.15, -0.1) is 11.3 Å². The van der Waals surface area contributed by atoms with E-state index in [0.29, 0.717) is 10.7 Å². The molecule has 0 saturated heterocycles. The van der Waals surface area contributed by atoms with Crippen molar-refractivity contribution in [1.29, 1.82) is 0 Å². The van der Waals surface area contributed by atoms with Gasteiger partial charge in [0.15, 0.2) is 0 Å². The third-order valence-corrected chi connectivity index (χ3v) is 4.22. The summed E-state index contributed by atoms with van der Waals surface area (Å²) in [7, 11) is 0. The molecule has 0 fully saturated rings. The van der Waals surface area contributed by atoms with Crippen LogP contribution in [-0.2, 0) is 0 Å². The average molecular weight is 307 g/mol. The molecule has 0 aliphatic heterocycles. The number of rotatable bonds is 3. The summed E-state index contributed by atoms with van der Waals surface area (Å²) in [6.45, 7) is 1.98. The molecule has 1 N–H and O–H groups in total. The van der Waals surface area contributed by atoms with Crippen LogP contribution in [0.1, 0.15) is 18.5 Å². The van der Waals surface area contributed by atoms with Gasteiger partial charge in [-0.25, -0.2) is 4.39 Å². The normalized spacial score (nSPS) is 12.6. The molecule has 0 aliphatic rings. The van der Waals surface area contributed by atoms with Crippen LogP contribution in [0.4, 0.5) is 10.1 Å². The molecule has 0 spiro atoms. The smallest absolute Gasteiger partial charge is 0.147 e. The number of pyridine rings is 1. The minimum Gasteiger partial charge on any atom is -0.376 e. The van der Waals surface area contributed by atoms with Crippen molar-refractivity contribution in [3.05, 3.63) is 58.3 Å². The van der Waals surface area contributed by atoms with Crippen LogP contribution in [-0.4, -0.2) is 4.98 Å². The molecular weight excluding hydrogens is 295 g/mol. The predicted octanol–water partition coefficient (Wildman–Crippen LogP) is 5.26. The Labute approximate surface area is 125 Å². The van der Waals surface area contributed by atoms with Crippen molar-refractivity contribution >= 4 is 38.8 Å². The van der Waals surface area contributed by atoms with Crippen LogP contribution in [0.3, 0.4) is 0 Å². The van der Waals surface area contributed by atoms with Crippen LogP contribution in [0, 0.1) is 5.82 Å². The first kappa shape index (κ1) is 13.3. The van der Waals surface area contributed by atoms with Crippen molar-refractivity contribution in [1.82, 2.24) is 4.98 Å². The maximum Gasteiger partial charge on any atom is 0.147 e. The Morgan fingerprint density at radius 3 is 2.95 bits per heavy atom. The van der Waals surface area contributed by atoms with Crippen molar-refractivity contribution in [3.63, 3.8) is 0 Å². The lowest BCUT2D eigenvalue weighted by Gasteiger charge is -2.16. The lowest BCUT2D eigenvalue weighted by atomic mass is 10.1. The molecule has 20 heavy (non-hydrogen) atoms. The Bertz CT molecular complexity index is 756. The number of halogens is 2. The van der Waals surface area contributed by atoms with Gasteiger partial charge in [0.1, 0.15) is 5.82 Å². The minimum absolute atomic E-state index is 0.0373. The van der Waals surface area contributed by atoms with E-state index in [9.17, 15) is 4.39 Å². The van der Waals surface area contributed by atoms with Crippen molar-refractivity contribution in [3.8, 4) is 0 Å². The van der Waals surface area contributed by atoms with E-state index in [0.717, 1.165) is 15.8 Å². The van der Waals surface area contributed by atoms with E-state index >= 15 is 0 Å². The number of benzene rings is 1. The fraction of sp³-hybridized carbons (Fsp3) is 0.133. The van der Waals surface area contributed by atoms with Crippen LogP contribution < -0.4 is 5.32 Å². The third kappa shape index (κ3) is 2.62. The summed E-state index contributed by atoms with van der Waals surface area (Å²) in [6, 6.07) is 8.65. The molecule has 102 valence electrons. The fourth-order valence-electron chi connectivity index (χ4n) is 2.02. The fourth-order valence-corrected chi connectivity index (χ4v) is 2.97. The molecule has 1 aromatic carbocycles. The van der Waals surface area contributed by atoms with Gasteiger partial charge in [0.05, 0.1) is 21.9 Å². The number of fused-ring (bicyclic) bond motifs is 1.